The fourth-order valence-electron chi connectivity index (χ4n) is 4.63. The average Bonchev–Trinajstić information content (AvgIpc) is 2.82. The maximum atomic E-state index is 13.0. The normalized spacial score (nSPS) is 20.3. The molecule has 1 fully saturated rings. The molecular weight excluding hydrogens is 445 g/mol. The van der Waals surface area contributed by atoms with Crippen LogP contribution in [-0.4, -0.2) is 45.0 Å². The van der Waals surface area contributed by atoms with E-state index in [-0.39, 0.29) is 23.8 Å². The summed E-state index contributed by atoms with van der Waals surface area (Å²) in [5.41, 5.74) is 0.864. The van der Waals surface area contributed by atoms with Crippen LogP contribution in [0.2, 0.25) is 0 Å². The number of rotatable bonds is 4. The Morgan fingerprint density at radius 1 is 1.18 bits per heavy atom. The first-order valence-corrected chi connectivity index (χ1v) is 11.1. The number of aromatic nitrogens is 3. The first-order chi connectivity index (χ1) is 16.1. The van der Waals surface area contributed by atoms with Crippen LogP contribution in [0.4, 0.5) is 19.0 Å². The van der Waals surface area contributed by atoms with Gasteiger partial charge in [-0.15, -0.1) is 0 Å². The van der Waals surface area contributed by atoms with Crippen LogP contribution in [0, 0.1) is 11.3 Å². The van der Waals surface area contributed by atoms with Gasteiger partial charge in [0.05, 0.1) is 11.1 Å². The van der Waals surface area contributed by atoms with Crippen LogP contribution < -0.4 is 10.6 Å². The number of hydrogen-bond acceptors (Lipinski definition) is 6. The summed E-state index contributed by atoms with van der Waals surface area (Å²) in [4.78, 5) is 27.8. The van der Waals surface area contributed by atoms with Crippen LogP contribution in [0.15, 0.2) is 41.2 Å². The standard InChI is InChI=1S/C24H25F3N6O/c1-4-19-13-32(22-21-20(30-23(34)31-22)10-9-18(11-28)29-21)14(2)12-33(19)15(3)16-5-7-17(8-6-16)24(25,26)27/h5-10,14-15,19H,4,12-13H2,1-3H3,(H,30,31,34)/t14?,15?,19-/m1/s1. The van der Waals surface area contributed by atoms with Crippen molar-refractivity contribution in [2.45, 2.75) is 51.5 Å². The van der Waals surface area contributed by atoms with Crippen LogP contribution in [0.5, 0.6) is 0 Å². The highest BCUT2D eigenvalue weighted by atomic mass is 19.4. The van der Waals surface area contributed by atoms with Gasteiger partial charge in [-0.2, -0.15) is 23.4 Å². The van der Waals surface area contributed by atoms with E-state index in [4.69, 9.17) is 0 Å². The highest BCUT2D eigenvalue weighted by Gasteiger charge is 2.36. The maximum Gasteiger partial charge on any atom is 0.416 e. The maximum absolute atomic E-state index is 13.0. The third-order valence-electron chi connectivity index (χ3n) is 6.52. The van der Waals surface area contributed by atoms with E-state index >= 15 is 0 Å². The number of piperazine rings is 1. The van der Waals surface area contributed by atoms with Crippen molar-refractivity contribution in [1.82, 2.24) is 19.9 Å². The second-order valence-corrected chi connectivity index (χ2v) is 8.63. The van der Waals surface area contributed by atoms with E-state index in [0.29, 0.717) is 29.9 Å². The van der Waals surface area contributed by atoms with Crippen molar-refractivity contribution in [2.24, 2.45) is 0 Å². The molecule has 0 spiro atoms. The smallest absolute Gasteiger partial charge is 0.349 e. The number of benzene rings is 1. The largest absolute Gasteiger partial charge is 0.416 e. The van der Waals surface area contributed by atoms with Gasteiger partial charge < -0.3 is 9.88 Å². The van der Waals surface area contributed by atoms with E-state index in [0.717, 1.165) is 24.1 Å². The zero-order chi connectivity index (χ0) is 24.6. The predicted octanol–water partition coefficient (Wildman–Crippen LogP) is 4.26. The summed E-state index contributed by atoms with van der Waals surface area (Å²) in [7, 11) is 0. The number of fused-ring (bicyclic) bond motifs is 1. The molecule has 0 saturated carbocycles. The number of alkyl halides is 3. The van der Waals surface area contributed by atoms with Crippen LogP contribution in [0.1, 0.15) is 50.1 Å². The van der Waals surface area contributed by atoms with Gasteiger partial charge in [-0.25, -0.2) is 9.78 Å². The summed E-state index contributed by atoms with van der Waals surface area (Å²) in [6.45, 7) is 7.25. The van der Waals surface area contributed by atoms with E-state index in [1.807, 2.05) is 24.8 Å². The highest BCUT2D eigenvalue weighted by molar-refractivity contribution is 5.86. The number of pyridine rings is 1. The molecule has 1 aliphatic rings. The van der Waals surface area contributed by atoms with Crippen molar-refractivity contribution in [2.75, 3.05) is 18.0 Å². The lowest BCUT2D eigenvalue weighted by Crippen LogP contribution is -2.58. The van der Waals surface area contributed by atoms with E-state index < -0.39 is 17.4 Å². The average molecular weight is 470 g/mol. The van der Waals surface area contributed by atoms with Gasteiger partial charge in [0, 0.05) is 31.2 Å². The summed E-state index contributed by atoms with van der Waals surface area (Å²) < 4.78 is 38.9. The van der Waals surface area contributed by atoms with Crippen LogP contribution in [-0.2, 0) is 6.18 Å². The minimum atomic E-state index is -4.36. The van der Waals surface area contributed by atoms with Gasteiger partial charge >= 0.3 is 11.9 Å². The second-order valence-electron chi connectivity index (χ2n) is 8.63. The Morgan fingerprint density at radius 3 is 2.50 bits per heavy atom. The Morgan fingerprint density at radius 2 is 1.88 bits per heavy atom. The molecule has 3 aromatic rings. The predicted molar refractivity (Wildman–Crippen MR) is 122 cm³/mol. The topological polar surface area (TPSA) is 88.9 Å². The molecule has 0 amide bonds. The first-order valence-electron chi connectivity index (χ1n) is 11.1. The van der Waals surface area contributed by atoms with Crippen molar-refractivity contribution >= 4 is 16.9 Å². The molecule has 1 saturated heterocycles. The highest BCUT2D eigenvalue weighted by Crippen LogP contribution is 2.34. The number of anilines is 1. The van der Waals surface area contributed by atoms with Crippen LogP contribution >= 0.6 is 0 Å². The van der Waals surface area contributed by atoms with Crippen LogP contribution in [0.25, 0.3) is 11.0 Å². The third-order valence-corrected chi connectivity index (χ3v) is 6.52. The fraction of sp³-hybridized carbons (Fsp3) is 0.417. The molecule has 1 N–H and O–H groups in total. The van der Waals surface area contributed by atoms with Crippen molar-refractivity contribution in [3.05, 3.63) is 63.7 Å². The molecule has 2 unspecified atom stereocenters. The van der Waals surface area contributed by atoms with Gasteiger partial charge in [-0.3, -0.25) is 4.90 Å². The molecule has 0 radical (unpaired) electrons. The van der Waals surface area contributed by atoms with Crippen molar-refractivity contribution < 1.29 is 13.2 Å². The molecule has 1 aliphatic heterocycles. The third kappa shape index (κ3) is 4.48. The summed E-state index contributed by atoms with van der Waals surface area (Å²) >= 11 is 0. The van der Waals surface area contributed by atoms with Gasteiger partial charge in [-0.05, 0) is 50.1 Å². The number of nitriles is 1. The second kappa shape index (κ2) is 9.06. The Hall–Kier alpha value is -3.45. The summed E-state index contributed by atoms with van der Waals surface area (Å²) in [6, 6.07) is 10.5. The molecule has 7 nitrogen and oxygen atoms in total. The quantitative estimate of drug-likeness (QED) is 0.613. The van der Waals surface area contributed by atoms with Gasteiger partial charge in [0.2, 0.25) is 0 Å². The lowest BCUT2D eigenvalue weighted by atomic mass is 9.98. The molecule has 34 heavy (non-hydrogen) atoms. The van der Waals surface area contributed by atoms with Crippen molar-refractivity contribution in [3.8, 4) is 6.07 Å². The summed E-state index contributed by atoms with van der Waals surface area (Å²) in [5.74, 6) is 0.434. The Bertz CT molecular complexity index is 1280. The molecule has 0 aliphatic carbocycles. The number of halogens is 3. The van der Waals surface area contributed by atoms with E-state index in [2.05, 4.69) is 26.8 Å². The Kier molecular flexibility index (Phi) is 6.32. The number of H-pyrrole nitrogens is 1. The summed E-state index contributed by atoms with van der Waals surface area (Å²) in [6.07, 6.45) is -3.57. The van der Waals surface area contributed by atoms with Crippen molar-refractivity contribution in [3.63, 3.8) is 0 Å². The molecule has 10 heteroatoms. The Labute approximate surface area is 194 Å². The lowest BCUT2D eigenvalue weighted by Gasteiger charge is -2.48. The van der Waals surface area contributed by atoms with Crippen LogP contribution in [0.3, 0.4) is 0 Å². The van der Waals surface area contributed by atoms with Crippen molar-refractivity contribution in [1.29, 1.82) is 5.26 Å². The summed E-state index contributed by atoms with van der Waals surface area (Å²) in [5, 5.41) is 9.26. The number of hydrogen-bond donors (Lipinski definition) is 1. The van der Waals surface area contributed by atoms with E-state index in [1.165, 1.54) is 12.1 Å². The van der Waals surface area contributed by atoms with Gasteiger partial charge in [0.15, 0.2) is 5.82 Å². The van der Waals surface area contributed by atoms with Gasteiger partial charge in [-0.1, -0.05) is 19.1 Å². The Balaban J connectivity index is 1.65. The number of nitrogens with one attached hydrogen (secondary N) is 1. The fourth-order valence-corrected chi connectivity index (χ4v) is 4.63. The minimum Gasteiger partial charge on any atom is -0.349 e. The van der Waals surface area contributed by atoms with E-state index in [9.17, 15) is 23.2 Å². The zero-order valence-electron chi connectivity index (χ0n) is 19.1. The zero-order valence-corrected chi connectivity index (χ0v) is 19.1. The van der Waals surface area contributed by atoms with Gasteiger partial charge in [0.25, 0.3) is 0 Å². The minimum absolute atomic E-state index is 0.0512. The van der Waals surface area contributed by atoms with Gasteiger partial charge in [0.1, 0.15) is 17.3 Å². The molecular formula is C24H25F3N6O. The van der Waals surface area contributed by atoms with E-state index in [1.54, 1.807) is 12.1 Å². The molecule has 3 heterocycles. The monoisotopic (exact) mass is 470 g/mol. The molecule has 4 rings (SSSR count). The molecule has 2 aromatic heterocycles. The molecule has 3 atom stereocenters. The SMILES string of the molecule is CC[C@@H]1CN(c2nc(=O)[nH]c3ccc(C#N)nc23)C(C)CN1C(C)c1ccc(C(F)(F)F)cc1. The first kappa shape index (κ1) is 23.7. The number of aromatic amines is 1. The molecule has 1 aromatic carbocycles. The number of nitrogens with zero attached hydrogens (tertiary/aromatic N) is 5. The molecule has 0 bridgehead atoms. The molecule has 178 valence electrons. The lowest BCUT2D eigenvalue weighted by molar-refractivity contribution is -0.137.